The highest BCUT2D eigenvalue weighted by molar-refractivity contribution is 6.05. The number of aryl methyl sites for hydroxylation is 2. The van der Waals surface area contributed by atoms with Gasteiger partial charge in [-0.2, -0.15) is 0 Å². The SMILES string of the molecule is CCOc1cc(NC(=O)c2ccccc2)c(OCC)cc1NC(=O)CCCOc1cc(C)ccc1C. The maximum atomic E-state index is 12.7. The second-order valence-corrected chi connectivity index (χ2v) is 8.30. The molecule has 0 unspecified atom stereocenters. The second-order valence-electron chi connectivity index (χ2n) is 8.30. The summed E-state index contributed by atoms with van der Waals surface area (Å²) in [6.07, 6.45) is 0.847. The zero-order valence-electron chi connectivity index (χ0n) is 21.4. The molecule has 3 aromatic carbocycles. The van der Waals surface area contributed by atoms with Gasteiger partial charge >= 0.3 is 0 Å². The summed E-state index contributed by atoms with van der Waals surface area (Å²) in [5.74, 6) is 1.30. The van der Waals surface area contributed by atoms with Crippen molar-refractivity contribution < 1.29 is 23.8 Å². The quantitative estimate of drug-likeness (QED) is 0.297. The molecule has 0 aliphatic carbocycles. The average molecular weight is 491 g/mol. The Kier molecular flexibility index (Phi) is 9.74. The normalized spacial score (nSPS) is 10.4. The Morgan fingerprint density at radius 3 is 2.03 bits per heavy atom. The van der Waals surface area contributed by atoms with Crippen molar-refractivity contribution in [3.05, 3.63) is 77.4 Å². The van der Waals surface area contributed by atoms with Crippen LogP contribution in [0.2, 0.25) is 0 Å². The fraction of sp³-hybridized carbons (Fsp3) is 0.310. The van der Waals surface area contributed by atoms with E-state index in [9.17, 15) is 9.59 Å². The van der Waals surface area contributed by atoms with Crippen molar-refractivity contribution in [1.82, 2.24) is 0 Å². The minimum Gasteiger partial charge on any atom is -0.493 e. The molecule has 7 heteroatoms. The Bertz CT molecular complexity index is 1180. The van der Waals surface area contributed by atoms with Crippen LogP contribution in [-0.2, 0) is 4.79 Å². The molecule has 0 aliphatic rings. The van der Waals surface area contributed by atoms with Crippen LogP contribution in [0.3, 0.4) is 0 Å². The third-order valence-electron chi connectivity index (χ3n) is 5.39. The largest absolute Gasteiger partial charge is 0.493 e. The van der Waals surface area contributed by atoms with Crippen molar-refractivity contribution in [1.29, 1.82) is 0 Å². The van der Waals surface area contributed by atoms with E-state index in [4.69, 9.17) is 14.2 Å². The topological polar surface area (TPSA) is 85.9 Å². The van der Waals surface area contributed by atoms with Crippen molar-refractivity contribution in [2.45, 2.75) is 40.5 Å². The molecule has 0 saturated carbocycles. The number of rotatable bonds is 12. The van der Waals surface area contributed by atoms with Crippen molar-refractivity contribution in [3.8, 4) is 17.2 Å². The van der Waals surface area contributed by atoms with E-state index in [-0.39, 0.29) is 18.2 Å². The van der Waals surface area contributed by atoms with Gasteiger partial charge in [0.2, 0.25) is 5.91 Å². The molecule has 0 aromatic heterocycles. The van der Waals surface area contributed by atoms with Crippen molar-refractivity contribution in [2.24, 2.45) is 0 Å². The lowest BCUT2D eigenvalue weighted by Crippen LogP contribution is -2.16. The van der Waals surface area contributed by atoms with Crippen molar-refractivity contribution in [3.63, 3.8) is 0 Å². The van der Waals surface area contributed by atoms with Crippen molar-refractivity contribution in [2.75, 3.05) is 30.5 Å². The molecule has 190 valence electrons. The first kappa shape index (κ1) is 26.6. The number of amides is 2. The first-order valence-corrected chi connectivity index (χ1v) is 12.2. The molecule has 0 bridgehead atoms. The highest BCUT2D eigenvalue weighted by Crippen LogP contribution is 2.37. The number of anilines is 2. The lowest BCUT2D eigenvalue weighted by atomic mass is 10.1. The van der Waals surface area contributed by atoms with Crippen LogP contribution in [0.25, 0.3) is 0 Å². The van der Waals surface area contributed by atoms with E-state index in [1.54, 1.807) is 36.4 Å². The van der Waals surface area contributed by atoms with Gasteiger partial charge < -0.3 is 24.8 Å². The van der Waals surface area contributed by atoms with E-state index in [2.05, 4.69) is 10.6 Å². The summed E-state index contributed by atoms with van der Waals surface area (Å²) in [5.41, 5.74) is 3.67. The van der Waals surface area contributed by atoms with Gasteiger partial charge in [0.05, 0.1) is 31.2 Å². The monoisotopic (exact) mass is 490 g/mol. The lowest BCUT2D eigenvalue weighted by Gasteiger charge is -2.18. The molecule has 0 aliphatic heterocycles. The molecule has 2 amide bonds. The van der Waals surface area contributed by atoms with Gasteiger partial charge in [0, 0.05) is 24.1 Å². The first-order valence-electron chi connectivity index (χ1n) is 12.2. The van der Waals surface area contributed by atoms with Gasteiger partial charge in [-0.15, -0.1) is 0 Å². The Morgan fingerprint density at radius 1 is 0.750 bits per heavy atom. The fourth-order valence-electron chi connectivity index (χ4n) is 3.58. The second kappa shape index (κ2) is 13.2. The molecule has 36 heavy (non-hydrogen) atoms. The molecule has 0 radical (unpaired) electrons. The Hall–Kier alpha value is -4.00. The zero-order chi connectivity index (χ0) is 25.9. The minimum atomic E-state index is -0.264. The third-order valence-corrected chi connectivity index (χ3v) is 5.39. The smallest absolute Gasteiger partial charge is 0.255 e. The Morgan fingerprint density at radius 2 is 1.39 bits per heavy atom. The number of carbonyl (C=O) groups is 2. The van der Waals surface area contributed by atoms with Gasteiger partial charge in [0.15, 0.2) is 0 Å². The fourth-order valence-corrected chi connectivity index (χ4v) is 3.58. The molecular formula is C29H34N2O5. The molecule has 3 rings (SSSR count). The summed E-state index contributed by atoms with van der Waals surface area (Å²) in [6, 6.07) is 18.3. The number of carbonyl (C=O) groups excluding carboxylic acids is 2. The van der Waals surface area contributed by atoms with Crippen LogP contribution in [0.5, 0.6) is 17.2 Å². The highest BCUT2D eigenvalue weighted by Gasteiger charge is 2.17. The van der Waals surface area contributed by atoms with E-state index in [1.807, 2.05) is 52.0 Å². The molecule has 2 N–H and O–H groups in total. The molecule has 0 heterocycles. The Balaban J connectivity index is 1.67. The molecular weight excluding hydrogens is 456 g/mol. The van der Waals surface area contributed by atoms with Gasteiger partial charge in [-0.3, -0.25) is 9.59 Å². The zero-order valence-corrected chi connectivity index (χ0v) is 21.4. The summed E-state index contributed by atoms with van der Waals surface area (Å²) >= 11 is 0. The number of hydrogen-bond acceptors (Lipinski definition) is 5. The van der Waals surface area contributed by atoms with Crippen LogP contribution in [0, 0.1) is 13.8 Å². The van der Waals surface area contributed by atoms with E-state index >= 15 is 0 Å². The molecule has 0 spiro atoms. The first-order chi connectivity index (χ1) is 17.4. The van der Waals surface area contributed by atoms with Gasteiger partial charge in [-0.05, 0) is 63.4 Å². The van der Waals surface area contributed by atoms with Crippen LogP contribution in [0.1, 0.15) is 48.2 Å². The lowest BCUT2D eigenvalue weighted by molar-refractivity contribution is -0.116. The summed E-state index contributed by atoms with van der Waals surface area (Å²) in [6.45, 7) is 8.95. The predicted molar refractivity (Wildman–Crippen MR) is 142 cm³/mol. The number of ether oxygens (including phenoxy) is 3. The maximum Gasteiger partial charge on any atom is 0.255 e. The van der Waals surface area contributed by atoms with Crippen LogP contribution < -0.4 is 24.8 Å². The van der Waals surface area contributed by atoms with Crippen LogP contribution in [0.4, 0.5) is 11.4 Å². The highest BCUT2D eigenvalue weighted by atomic mass is 16.5. The van der Waals surface area contributed by atoms with E-state index in [1.165, 1.54) is 0 Å². The maximum absolute atomic E-state index is 12.7. The van der Waals surface area contributed by atoms with Crippen LogP contribution >= 0.6 is 0 Å². The summed E-state index contributed by atoms with van der Waals surface area (Å²) in [7, 11) is 0. The van der Waals surface area contributed by atoms with E-state index < -0.39 is 0 Å². The van der Waals surface area contributed by atoms with E-state index in [0.717, 1.165) is 16.9 Å². The molecule has 0 saturated heterocycles. The number of hydrogen-bond donors (Lipinski definition) is 2. The Labute approximate surface area is 212 Å². The summed E-state index contributed by atoms with van der Waals surface area (Å²) in [4.78, 5) is 25.4. The molecule has 0 atom stereocenters. The molecule has 0 fully saturated rings. The van der Waals surface area contributed by atoms with Crippen LogP contribution in [-0.4, -0.2) is 31.6 Å². The summed E-state index contributed by atoms with van der Waals surface area (Å²) in [5, 5.41) is 5.80. The molecule has 7 nitrogen and oxygen atoms in total. The molecule has 3 aromatic rings. The van der Waals surface area contributed by atoms with Crippen molar-refractivity contribution >= 4 is 23.2 Å². The van der Waals surface area contributed by atoms with Gasteiger partial charge in [0.25, 0.3) is 5.91 Å². The average Bonchev–Trinajstić information content (AvgIpc) is 2.87. The number of benzene rings is 3. The standard InChI is InChI=1S/C29H34N2O5/c1-5-34-26-19-24(31-29(33)22-11-8-7-9-12-22)27(35-6-2)18-23(26)30-28(32)13-10-16-36-25-17-20(3)14-15-21(25)4/h7-9,11-12,14-15,17-19H,5-6,10,13,16H2,1-4H3,(H,30,32)(H,31,33). The van der Waals surface area contributed by atoms with Gasteiger partial charge in [0.1, 0.15) is 17.2 Å². The summed E-state index contributed by atoms with van der Waals surface area (Å²) < 4.78 is 17.4. The third kappa shape index (κ3) is 7.50. The van der Waals surface area contributed by atoms with Crippen LogP contribution in [0.15, 0.2) is 60.7 Å². The number of nitrogens with one attached hydrogen (secondary N) is 2. The predicted octanol–water partition coefficient (Wildman–Crippen LogP) is 6.15. The van der Waals surface area contributed by atoms with Gasteiger partial charge in [-0.25, -0.2) is 0 Å². The van der Waals surface area contributed by atoms with E-state index in [0.29, 0.717) is 54.7 Å². The van der Waals surface area contributed by atoms with Gasteiger partial charge in [-0.1, -0.05) is 30.3 Å². The minimum absolute atomic E-state index is 0.163.